The second kappa shape index (κ2) is 8.98. The van der Waals surface area contributed by atoms with Crippen molar-refractivity contribution in [2.75, 3.05) is 36.4 Å². The average molecular weight is 447 g/mol. The Morgan fingerprint density at radius 1 is 0.906 bits per heavy atom. The molecule has 1 saturated heterocycles. The summed E-state index contributed by atoms with van der Waals surface area (Å²) in [6.07, 6.45) is 5.30. The lowest BCUT2D eigenvalue weighted by atomic mass is 10.1. The van der Waals surface area contributed by atoms with Gasteiger partial charge in [-0.15, -0.1) is 0 Å². The standard InChI is InChI=1S/C24H23ClN6O/c25-18-2-4-20-21(6-9-26-22(20)15-18)29-19-3-5-23(32)17(14-19)16-30-10-12-31(13-11-30)24-27-7-1-8-28-24/h1-9,14-15,32H,10-13,16H2,(H,26,29). The van der Waals surface area contributed by atoms with E-state index in [1.54, 1.807) is 24.7 Å². The highest BCUT2D eigenvalue weighted by atomic mass is 35.5. The lowest BCUT2D eigenvalue weighted by Crippen LogP contribution is -2.46. The van der Waals surface area contributed by atoms with E-state index in [2.05, 4.69) is 30.1 Å². The monoisotopic (exact) mass is 446 g/mol. The van der Waals surface area contributed by atoms with Crippen molar-refractivity contribution in [1.82, 2.24) is 19.9 Å². The Labute approximate surface area is 191 Å². The number of anilines is 3. The van der Waals surface area contributed by atoms with Crippen molar-refractivity contribution in [3.05, 3.63) is 77.7 Å². The minimum atomic E-state index is 0.302. The Hall–Kier alpha value is -3.42. The maximum Gasteiger partial charge on any atom is 0.225 e. The summed E-state index contributed by atoms with van der Waals surface area (Å²) in [7, 11) is 0. The van der Waals surface area contributed by atoms with Crippen LogP contribution in [0, 0.1) is 0 Å². The molecule has 7 nitrogen and oxygen atoms in total. The Morgan fingerprint density at radius 2 is 1.72 bits per heavy atom. The molecule has 162 valence electrons. The molecule has 2 aromatic heterocycles. The van der Waals surface area contributed by atoms with Crippen LogP contribution < -0.4 is 10.2 Å². The molecule has 1 aliphatic heterocycles. The fraction of sp³-hybridized carbons (Fsp3) is 0.208. The lowest BCUT2D eigenvalue weighted by molar-refractivity contribution is 0.245. The molecule has 2 aromatic carbocycles. The third kappa shape index (κ3) is 4.44. The molecule has 0 spiro atoms. The number of phenols is 1. The van der Waals surface area contributed by atoms with Crippen LogP contribution in [0.5, 0.6) is 5.75 Å². The molecule has 32 heavy (non-hydrogen) atoms. The van der Waals surface area contributed by atoms with E-state index in [4.69, 9.17) is 11.6 Å². The quantitative estimate of drug-likeness (QED) is 0.438. The Morgan fingerprint density at radius 3 is 2.53 bits per heavy atom. The minimum absolute atomic E-state index is 0.302. The van der Waals surface area contributed by atoms with Crippen LogP contribution in [0.15, 0.2) is 67.1 Å². The summed E-state index contributed by atoms with van der Waals surface area (Å²) in [5.74, 6) is 1.07. The van der Waals surface area contributed by atoms with Crippen LogP contribution in [-0.2, 0) is 6.54 Å². The lowest BCUT2D eigenvalue weighted by Gasteiger charge is -2.34. The van der Waals surface area contributed by atoms with E-state index in [0.717, 1.165) is 60.0 Å². The van der Waals surface area contributed by atoms with Gasteiger partial charge in [-0.2, -0.15) is 0 Å². The van der Waals surface area contributed by atoms with Gasteiger partial charge in [-0.3, -0.25) is 9.88 Å². The van der Waals surface area contributed by atoms with Gasteiger partial charge < -0.3 is 15.3 Å². The van der Waals surface area contributed by atoms with Crippen LogP contribution in [0.1, 0.15) is 5.56 Å². The normalized spacial score (nSPS) is 14.6. The molecule has 1 fully saturated rings. The Kier molecular flexibility index (Phi) is 5.75. The summed E-state index contributed by atoms with van der Waals surface area (Å²) >= 11 is 6.10. The van der Waals surface area contributed by atoms with Crippen molar-refractivity contribution >= 4 is 39.8 Å². The molecule has 0 radical (unpaired) electrons. The van der Waals surface area contributed by atoms with E-state index >= 15 is 0 Å². The maximum atomic E-state index is 10.5. The van der Waals surface area contributed by atoms with E-state index in [1.807, 2.05) is 42.5 Å². The number of aromatic nitrogens is 3. The largest absolute Gasteiger partial charge is 0.508 e. The number of hydrogen-bond donors (Lipinski definition) is 2. The van der Waals surface area contributed by atoms with Crippen molar-refractivity contribution in [3.8, 4) is 5.75 Å². The van der Waals surface area contributed by atoms with Gasteiger partial charge in [0, 0.05) is 78.7 Å². The zero-order valence-corrected chi connectivity index (χ0v) is 18.2. The molecule has 5 rings (SSSR count). The summed E-state index contributed by atoms with van der Waals surface area (Å²) in [6.45, 7) is 4.15. The molecule has 1 aliphatic rings. The van der Waals surface area contributed by atoms with E-state index in [9.17, 15) is 5.11 Å². The Balaban J connectivity index is 1.29. The molecule has 0 aliphatic carbocycles. The summed E-state index contributed by atoms with van der Waals surface area (Å²) in [4.78, 5) is 17.6. The number of nitrogens with zero attached hydrogens (tertiary/aromatic N) is 5. The van der Waals surface area contributed by atoms with Gasteiger partial charge in [-0.25, -0.2) is 9.97 Å². The number of phenolic OH excluding ortho intramolecular Hbond substituents is 1. The Bertz CT molecular complexity index is 1230. The van der Waals surface area contributed by atoms with Gasteiger partial charge in [0.05, 0.1) is 5.52 Å². The average Bonchev–Trinajstić information content (AvgIpc) is 2.82. The highest BCUT2D eigenvalue weighted by Crippen LogP contribution is 2.30. The zero-order valence-electron chi connectivity index (χ0n) is 17.4. The number of aromatic hydroxyl groups is 1. The number of benzene rings is 2. The number of rotatable bonds is 5. The molecular formula is C24H23ClN6O. The van der Waals surface area contributed by atoms with Gasteiger partial charge in [0.25, 0.3) is 0 Å². The molecule has 8 heteroatoms. The van der Waals surface area contributed by atoms with Gasteiger partial charge in [-0.1, -0.05) is 11.6 Å². The second-order valence-electron chi connectivity index (χ2n) is 7.80. The van der Waals surface area contributed by atoms with Crippen LogP contribution in [0.2, 0.25) is 5.02 Å². The van der Waals surface area contributed by atoms with E-state index < -0.39 is 0 Å². The van der Waals surface area contributed by atoms with E-state index in [-0.39, 0.29) is 0 Å². The molecule has 0 amide bonds. The number of piperazine rings is 1. The van der Waals surface area contributed by atoms with Crippen molar-refractivity contribution < 1.29 is 5.11 Å². The van der Waals surface area contributed by atoms with Gasteiger partial charge >= 0.3 is 0 Å². The van der Waals surface area contributed by atoms with Crippen molar-refractivity contribution in [3.63, 3.8) is 0 Å². The second-order valence-corrected chi connectivity index (χ2v) is 8.24. The number of hydrogen-bond acceptors (Lipinski definition) is 7. The predicted octanol–water partition coefficient (Wildman–Crippen LogP) is 4.45. The summed E-state index contributed by atoms with van der Waals surface area (Å²) in [5, 5.41) is 15.6. The summed E-state index contributed by atoms with van der Waals surface area (Å²) in [6, 6.07) is 15.1. The first-order chi connectivity index (χ1) is 15.7. The van der Waals surface area contributed by atoms with Crippen LogP contribution in [-0.4, -0.2) is 51.1 Å². The molecular weight excluding hydrogens is 424 g/mol. The molecule has 0 bridgehead atoms. The van der Waals surface area contributed by atoms with E-state index in [1.165, 1.54) is 0 Å². The number of nitrogens with one attached hydrogen (secondary N) is 1. The van der Waals surface area contributed by atoms with Gasteiger partial charge in [0.1, 0.15) is 5.75 Å². The molecule has 0 atom stereocenters. The van der Waals surface area contributed by atoms with Gasteiger partial charge in [0.2, 0.25) is 5.95 Å². The van der Waals surface area contributed by atoms with Crippen LogP contribution in [0.4, 0.5) is 17.3 Å². The fourth-order valence-corrected chi connectivity index (χ4v) is 4.14. The smallest absolute Gasteiger partial charge is 0.225 e. The molecule has 0 unspecified atom stereocenters. The first-order valence-corrected chi connectivity index (χ1v) is 10.9. The predicted molar refractivity (Wildman–Crippen MR) is 128 cm³/mol. The summed E-state index contributed by atoms with van der Waals surface area (Å²) in [5.41, 5.74) is 3.58. The molecule has 3 heterocycles. The van der Waals surface area contributed by atoms with Gasteiger partial charge in [0.15, 0.2) is 0 Å². The van der Waals surface area contributed by atoms with Crippen LogP contribution in [0.25, 0.3) is 10.9 Å². The van der Waals surface area contributed by atoms with Crippen LogP contribution in [0.3, 0.4) is 0 Å². The summed E-state index contributed by atoms with van der Waals surface area (Å²) < 4.78 is 0. The van der Waals surface area contributed by atoms with Crippen molar-refractivity contribution in [2.45, 2.75) is 6.54 Å². The maximum absolute atomic E-state index is 10.5. The van der Waals surface area contributed by atoms with Crippen molar-refractivity contribution in [2.24, 2.45) is 0 Å². The first kappa shape index (κ1) is 20.5. The van der Waals surface area contributed by atoms with Gasteiger partial charge in [-0.05, 0) is 48.5 Å². The molecule has 4 aromatic rings. The van der Waals surface area contributed by atoms with Crippen LogP contribution >= 0.6 is 11.6 Å². The molecule has 0 saturated carbocycles. The number of pyridine rings is 1. The topological polar surface area (TPSA) is 77.4 Å². The SMILES string of the molecule is Oc1ccc(Nc2ccnc3cc(Cl)ccc23)cc1CN1CCN(c2ncccn2)CC1. The minimum Gasteiger partial charge on any atom is -0.508 e. The zero-order chi connectivity index (χ0) is 21.9. The number of fused-ring (bicyclic) bond motifs is 1. The van der Waals surface area contributed by atoms with Crippen molar-refractivity contribution in [1.29, 1.82) is 0 Å². The highest BCUT2D eigenvalue weighted by molar-refractivity contribution is 6.31. The fourth-order valence-electron chi connectivity index (χ4n) is 3.98. The highest BCUT2D eigenvalue weighted by Gasteiger charge is 2.20. The first-order valence-electron chi connectivity index (χ1n) is 10.5. The van der Waals surface area contributed by atoms with E-state index in [0.29, 0.717) is 17.3 Å². The third-order valence-electron chi connectivity index (χ3n) is 5.66. The number of halogens is 1. The molecule has 2 N–H and O–H groups in total. The third-order valence-corrected chi connectivity index (χ3v) is 5.90.